The van der Waals surface area contributed by atoms with E-state index in [0.717, 1.165) is 11.5 Å². The third-order valence-electron chi connectivity index (χ3n) is 6.28. The Morgan fingerprint density at radius 3 is 2.66 bits per heavy atom. The standard InChI is InChI=1S/C26H28F2N4O3/c1-15(2)8-23(33)25(34)31-22-14-32(7-5-20(22)17-9-18(27)11-19(28)10-17)26(35)21-13-29-12-16-4-3-6-30-24(16)21/h3-4,6,9-13,15,20,22-23,33H,5,7-8,14H2,1-2H3,(H,31,34)/t20-,22+,23+/m0/s1. The van der Waals surface area contributed by atoms with Gasteiger partial charge in [-0.05, 0) is 48.6 Å². The summed E-state index contributed by atoms with van der Waals surface area (Å²) in [6.45, 7) is 4.20. The van der Waals surface area contributed by atoms with Gasteiger partial charge < -0.3 is 15.3 Å². The number of carbonyl (C=O) groups is 2. The molecule has 3 aromatic rings. The van der Waals surface area contributed by atoms with Crippen molar-refractivity contribution in [2.24, 2.45) is 5.92 Å². The van der Waals surface area contributed by atoms with Crippen LogP contribution in [0.5, 0.6) is 0 Å². The Morgan fingerprint density at radius 1 is 1.20 bits per heavy atom. The molecule has 1 fully saturated rings. The van der Waals surface area contributed by atoms with Crippen LogP contribution >= 0.6 is 0 Å². The lowest BCUT2D eigenvalue weighted by Crippen LogP contribution is -2.55. The van der Waals surface area contributed by atoms with Crippen LogP contribution in [0.15, 0.2) is 48.9 Å². The number of pyridine rings is 2. The molecular formula is C26H28F2N4O3. The highest BCUT2D eigenvalue weighted by atomic mass is 19.1. The lowest BCUT2D eigenvalue weighted by Gasteiger charge is -2.39. The molecule has 3 atom stereocenters. The zero-order chi connectivity index (χ0) is 25.1. The minimum absolute atomic E-state index is 0.0969. The zero-order valence-corrected chi connectivity index (χ0v) is 19.6. The second-order valence-corrected chi connectivity index (χ2v) is 9.37. The molecule has 2 aromatic heterocycles. The van der Waals surface area contributed by atoms with Gasteiger partial charge in [-0.2, -0.15) is 0 Å². The van der Waals surface area contributed by atoms with Crippen LogP contribution in [-0.2, 0) is 4.79 Å². The van der Waals surface area contributed by atoms with E-state index >= 15 is 0 Å². The van der Waals surface area contributed by atoms with Crippen LogP contribution in [-0.4, -0.2) is 57.0 Å². The van der Waals surface area contributed by atoms with E-state index in [2.05, 4.69) is 15.3 Å². The fourth-order valence-electron chi connectivity index (χ4n) is 4.63. The van der Waals surface area contributed by atoms with Gasteiger partial charge in [0.2, 0.25) is 5.91 Å². The number of piperidine rings is 1. The number of nitrogens with zero attached hydrogens (tertiary/aromatic N) is 3. The van der Waals surface area contributed by atoms with Gasteiger partial charge in [-0.15, -0.1) is 0 Å². The number of amides is 2. The van der Waals surface area contributed by atoms with Gasteiger partial charge in [-0.25, -0.2) is 8.78 Å². The number of fused-ring (bicyclic) bond motifs is 1. The maximum atomic E-state index is 14.0. The molecule has 0 bridgehead atoms. The maximum Gasteiger partial charge on any atom is 0.257 e. The molecule has 1 saturated heterocycles. The summed E-state index contributed by atoms with van der Waals surface area (Å²) in [5.41, 5.74) is 1.25. The Labute approximate surface area is 202 Å². The Kier molecular flexibility index (Phi) is 7.35. The van der Waals surface area contributed by atoms with Gasteiger partial charge in [0.1, 0.15) is 17.7 Å². The summed E-state index contributed by atoms with van der Waals surface area (Å²) in [7, 11) is 0. The Hall–Kier alpha value is -3.46. The van der Waals surface area contributed by atoms with E-state index in [0.29, 0.717) is 29.6 Å². The van der Waals surface area contributed by atoms with Gasteiger partial charge >= 0.3 is 0 Å². The predicted molar refractivity (Wildman–Crippen MR) is 127 cm³/mol. The van der Waals surface area contributed by atoms with E-state index < -0.39 is 35.6 Å². The lowest BCUT2D eigenvalue weighted by molar-refractivity contribution is -0.131. The SMILES string of the molecule is CC(C)C[C@@H](O)C(=O)N[C@@H]1CN(C(=O)c2cncc3cccnc23)CC[C@H]1c1cc(F)cc(F)c1. The molecule has 0 saturated carbocycles. The number of aromatic nitrogens is 2. The van der Waals surface area contributed by atoms with Crippen molar-refractivity contribution in [3.05, 3.63) is 71.7 Å². The van der Waals surface area contributed by atoms with Crippen molar-refractivity contribution in [2.45, 2.75) is 44.8 Å². The lowest BCUT2D eigenvalue weighted by atomic mass is 9.84. The molecule has 2 N–H and O–H groups in total. The molecule has 3 heterocycles. The largest absolute Gasteiger partial charge is 0.383 e. The second-order valence-electron chi connectivity index (χ2n) is 9.37. The smallest absolute Gasteiger partial charge is 0.257 e. The van der Waals surface area contributed by atoms with E-state index in [9.17, 15) is 23.5 Å². The summed E-state index contributed by atoms with van der Waals surface area (Å²) in [5, 5.41) is 13.9. The van der Waals surface area contributed by atoms with Crippen LogP contribution in [0.2, 0.25) is 0 Å². The number of benzene rings is 1. The van der Waals surface area contributed by atoms with Crippen molar-refractivity contribution >= 4 is 22.7 Å². The minimum atomic E-state index is -1.22. The summed E-state index contributed by atoms with van der Waals surface area (Å²) < 4.78 is 27.9. The van der Waals surface area contributed by atoms with Crippen LogP contribution in [0.25, 0.3) is 10.9 Å². The number of rotatable bonds is 6. The molecule has 184 valence electrons. The molecular weight excluding hydrogens is 454 g/mol. The van der Waals surface area contributed by atoms with Crippen LogP contribution in [0.1, 0.15) is 48.5 Å². The summed E-state index contributed by atoms with van der Waals surface area (Å²) in [6, 6.07) is 6.20. The molecule has 0 spiro atoms. The van der Waals surface area contributed by atoms with Crippen molar-refractivity contribution in [1.29, 1.82) is 0 Å². The van der Waals surface area contributed by atoms with Crippen molar-refractivity contribution in [2.75, 3.05) is 13.1 Å². The molecule has 9 heteroatoms. The normalized spacial score (nSPS) is 19.1. The number of carbonyl (C=O) groups excluding carboxylic acids is 2. The minimum Gasteiger partial charge on any atom is -0.383 e. The molecule has 0 radical (unpaired) electrons. The van der Waals surface area contributed by atoms with Gasteiger partial charge in [-0.1, -0.05) is 13.8 Å². The number of nitrogens with one attached hydrogen (secondary N) is 1. The van der Waals surface area contributed by atoms with E-state index in [-0.39, 0.29) is 24.8 Å². The average molecular weight is 483 g/mol. The maximum absolute atomic E-state index is 14.0. The first-order valence-corrected chi connectivity index (χ1v) is 11.7. The topological polar surface area (TPSA) is 95.4 Å². The molecule has 1 aliphatic heterocycles. The third-order valence-corrected chi connectivity index (χ3v) is 6.28. The number of aliphatic hydroxyl groups excluding tert-OH is 1. The fourth-order valence-corrected chi connectivity index (χ4v) is 4.63. The molecule has 0 aliphatic carbocycles. The highest BCUT2D eigenvalue weighted by molar-refractivity contribution is 6.05. The van der Waals surface area contributed by atoms with Crippen molar-refractivity contribution in [1.82, 2.24) is 20.2 Å². The van der Waals surface area contributed by atoms with E-state index in [1.165, 1.54) is 18.3 Å². The Bertz CT molecular complexity index is 1210. The summed E-state index contributed by atoms with van der Waals surface area (Å²) in [5.74, 6) is -2.64. The molecule has 4 rings (SSSR count). The Morgan fingerprint density at radius 2 is 1.94 bits per heavy atom. The zero-order valence-electron chi connectivity index (χ0n) is 19.6. The second kappa shape index (κ2) is 10.4. The molecule has 0 unspecified atom stereocenters. The van der Waals surface area contributed by atoms with Gasteiger partial charge in [0.25, 0.3) is 5.91 Å². The van der Waals surface area contributed by atoms with Crippen LogP contribution < -0.4 is 5.32 Å². The first-order chi connectivity index (χ1) is 16.7. The number of hydrogen-bond donors (Lipinski definition) is 2. The number of aliphatic hydroxyl groups is 1. The van der Waals surface area contributed by atoms with Crippen LogP contribution in [0.3, 0.4) is 0 Å². The first kappa shape index (κ1) is 24.7. The monoisotopic (exact) mass is 482 g/mol. The summed E-state index contributed by atoms with van der Waals surface area (Å²) in [6.07, 6.45) is 4.11. The predicted octanol–water partition coefficient (Wildman–Crippen LogP) is 3.43. The highest BCUT2D eigenvalue weighted by Gasteiger charge is 2.36. The molecule has 7 nitrogen and oxygen atoms in total. The van der Waals surface area contributed by atoms with Gasteiger partial charge in [-0.3, -0.25) is 19.6 Å². The van der Waals surface area contributed by atoms with Crippen molar-refractivity contribution in [3.63, 3.8) is 0 Å². The molecule has 1 aliphatic rings. The molecule has 35 heavy (non-hydrogen) atoms. The first-order valence-electron chi connectivity index (χ1n) is 11.7. The number of hydrogen-bond acceptors (Lipinski definition) is 5. The highest BCUT2D eigenvalue weighted by Crippen LogP contribution is 2.31. The molecule has 2 amide bonds. The van der Waals surface area contributed by atoms with Gasteiger partial charge in [0, 0.05) is 49.1 Å². The quantitative estimate of drug-likeness (QED) is 0.561. The van der Waals surface area contributed by atoms with E-state index in [1.54, 1.807) is 23.4 Å². The van der Waals surface area contributed by atoms with Crippen molar-refractivity contribution < 1.29 is 23.5 Å². The number of halogens is 2. The fraction of sp³-hybridized carbons (Fsp3) is 0.385. The van der Waals surface area contributed by atoms with Crippen molar-refractivity contribution in [3.8, 4) is 0 Å². The van der Waals surface area contributed by atoms with Gasteiger partial charge in [0.15, 0.2) is 0 Å². The average Bonchev–Trinajstić information content (AvgIpc) is 2.82. The summed E-state index contributed by atoms with van der Waals surface area (Å²) >= 11 is 0. The Balaban J connectivity index is 1.62. The third kappa shape index (κ3) is 5.62. The van der Waals surface area contributed by atoms with E-state index in [1.807, 2.05) is 19.9 Å². The summed E-state index contributed by atoms with van der Waals surface area (Å²) in [4.78, 5) is 36.2. The van der Waals surface area contributed by atoms with Gasteiger partial charge in [0.05, 0.1) is 17.1 Å². The molecule has 1 aromatic carbocycles. The van der Waals surface area contributed by atoms with Crippen LogP contribution in [0.4, 0.5) is 8.78 Å². The number of likely N-dealkylation sites (tertiary alicyclic amines) is 1. The van der Waals surface area contributed by atoms with E-state index in [4.69, 9.17) is 0 Å². The van der Waals surface area contributed by atoms with Crippen LogP contribution in [0, 0.1) is 17.6 Å².